The summed E-state index contributed by atoms with van der Waals surface area (Å²) in [6, 6.07) is 0. The fourth-order valence-electron chi connectivity index (χ4n) is 6.05. The van der Waals surface area contributed by atoms with E-state index in [1.165, 1.54) is 13.8 Å². The molecule has 2 aliphatic heterocycles. The zero-order chi connectivity index (χ0) is 48.8. The molecule has 2 aliphatic rings. The molecule has 4 rings (SSSR count). The molecule has 2 amide bonds. The molecular weight excluding hydrogens is 970 g/mol. The molecule has 0 aromatic carbocycles. The number of phosphoric acid groups is 3. The molecule has 0 spiro atoms. The number of fused-ring (bicyclic) bond motifs is 1. The van der Waals surface area contributed by atoms with Gasteiger partial charge in [0, 0.05) is 30.7 Å². The number of halogens is 1. The van der Waals surface area contributed by atoms with Crippen LogP contribution in [0.25, 0.3) is 11.2 Å². The largest absolute Gasteiger partial charge is 0.481 e. The second-order valence-electron chi connectivity index (χ2n) is 14.9. The summed E-state index contributed by atoms with van der Waals surface area (Å²) in [6.07, 6.45) is -21.8. The quantitative estimate of drug-likeness (QED) is 0.0367. The Morgan fingerprint density at radius 2 is 1.63 bits per heavy atom. The fraction of sp³-hybridized carbons (Fsp3) is 0.733. The van der Waals surface area contributed by atoms with E-state index in [2.05, 4.69) is 34.4 Å². The van der Waals surface area contributed by atoms with Crippen LogP contribution in [0.3, 0.4) is 0 Å². The number of imidazole rings is 1. The van der Waals surface area contributed by atoms with Gasteiger partial charge in [-0.2, -0.15) is 4.31 Å². The van der Waals surface area contributed by atoms with Gasteiger partial charge in [-0.3, -0.25) is 32.5 Å². The Kier molecular flexibility index (Phi) is 19.0. The summed E-state index contributed by atoms with van der Waals surface area (Å²) in [4.78, 5) is 88.5. The van der Waals surface area contributed by atoms with E-state index in [4.69, 9.17) is 29.4 Å². The number of phosphoric ester groups is 3. The van der Waals surface area contributed by atoms with Crippen molar-refractivity contribution in [3.05, 3.63) is 12.7 Å². The summed E-state index contributed by atoms with van der Waals surface area (Å²) in [7, 11) is -16.6. The lowest BCUT2D eigenvalue weighted by Gasteiger charge is -2.41. The summed E-state index contributed by atoms with van der Waals surface area (Å²) in [5.41, 5.74) is 4.08. The maximum Gasteiger partial charge on any atom is 0.481 e. The molecule has 0 saturated carbocycles. The number of nitrogen functional groups attached to an aromatic ring is 1. The van der Waals surface area contributed by atoms with Crippen molar-refractivity contribution in [1.29, 1.82) is 0 Å². The van der Waals surface area contributed by atoms with Gasteiger partial charge in [0.25, 0.3) is 0 Å². The van der Waals surface area contributed by atoms with E-state index in [0.29, 0.717) is 11.8 Å². The standard InChI is InChI=1S/C30H49FN7O23P3S/c1-30(2,24(46)27(47)34-4-3-14(41)33-5-6-65-29(48)22-15(31)18(43)19(44)23(59-22)17(42)12(40)7-39)9-57-64(54,55)61-63(52,53)56-8-13-21(60-62(49,50)51)20(45)28(58-13)38-11-37-16-25(32)35-10-36-26(16)38/h10-13,15,17-24,28,39-40,42-46H,3-9H2,1-2H3,(H,33,41)(H,34,47)(H,52,53)(H,54,55)(H2,32,35,36)(H2,49,50,51)/t12-,13?,15-,17-,18+,19-,20?,21?,22+,23+,24?,28?/m1/s1. The number of amides is 2. The summed E-state index contributed by atoms with van der Waals surface area (Å²) in [5, 5.41) is 73.9. The topological polar surface area (TPSA) is 474 Å². The molecular formula is C30H49FN7O23P3S. The molecule has 4 heterocycles. The minimum atomic E-state index is -5.64. The molecule has 7 unspecified atom stereocenters. The summed E-state index contributed by atoms with van der Waals surface area (Å²) in [6.45, 7) is -1.33. The number of thioether (sulfide) groups is 1. The molecule has 2 aromatic heterocycles. The van der Waals surface area contributed by atoms with Crippen LogP contribution in [0.5, 0.6) is 0 Å². The number of hydrogen-bond acceptors (Lipinski definition) is 24. The van der Waals surface area contributed by atoms with Crippen molar-refractivity contribution in [3.8, 4) is 0 Å². The van der Waals surface area contributed by atoms with Gasteiger partial charge in [-0.15, -0.1) is 0 Å². The predicted octanol–water partition coefficient (Wildman–Crippen LogP) is -4.79. The van der Waals surface area contributed by atoms with Crippen LogP contribution in [0.4, 0.5) is 10.2 Å². The van der Waals surface area contributed by atoms with Gasteiger partial charge >= 0.3 is 23.5 Å². The van der Waals surface area contributed by atoms with Gasteiger partial charge in [0.1, 0.15) is 66.8 Å². The highest BCUT2D eigenvalue weighted by atomic mass is 32.2. The molecule has 0 aliphatic carbocycles. The molecule has 30 nitrogen and oxygen atoms in total. The molecule has 370 valence electrons. The molecule has 0 radical (unpaired) electrons. The number of aliphatic hydroxyl groups excluding tert-OH is 7. The predicted molar refractivity (Wildman–Crippen MR) is 212 cm³/mol. The van der Waals surface area contributed by atoms with Crippen molar-refractivity contribution in [2.24, 2.45) is 5.41 Å². The number of anilines is 1. The Morgan fingerprint density at radius 3 is 2.28 bits per heavy atom. The van der Waals surface area contributed by atoms with Gasteiger partial charge in [0.05, 0.1) is 26.1 Å². The molecule has 0 bridgehead atoms. The maximum atomic E-state index is 14.6. The summed E-state index contributed by atoms with van der Waals surface area (Å²) >= 11 is 0.460. The monoisotopic (exact) mass is 1020 g/mol. The van der Waals surface area contributed by atoms with Crippen LogP contribution in [0.15, 0.2) is 12.7 Å². The van der Waals surface area contributed by atoms with Crippen molar-refractivity contribution in [2.45, 2.75) is 93.7 Å². The van der Waals surface area contributed by atoms with Crippen LogP contribution in [-0.2, 0) is 55.4 Å². The van der Waals surface area contributed by atoms with Gasteiger partial charge in [-0.05, 0) is 0 Å². The summed E-state index contributed by atoms with van der Waals surface area (Å²) < 4.78 is 81.8. The van der Waals surface area contributed by atoms with Gasteiger partial charge in [-0.1, -0.05) is 25.6 Å². The van der Waals surface area contributed by atoms with E-state index in [-0.39, 0.29) is 42.2 Å². The minimum absolute atomic E-state index is 0.00167. The zero-order valence-electron chi connectivity index (χ0n) is 33.8. The Balaban J connectivity index is 1.20. The van der Waals surface area contributed by atoms with Crippen molar-refractivity contribution in [1.82, 2.24) is 30.2 Å². The third-order valence-electron chi connectivity index (χ3n) is 9.50. The number of carbonyl (C=O) groups is 3. The minimum Gasteiger partial charge on any atom is -0.394 e. The smallest absolute Gasteiger partial charge is 0.394 e. The first-order valence-electron chi connectivity index (χ1n) is 18.8. The first kappa shape index (κ1) is 54.9. The second-order valence-corrected chi connectivity index (χ2v) is 20.3. The van der Waals surface area contributed by atoms with E-state index in [1.807, 2.05) is 0 Å². The SMILES string of the molecule is CC(C)(COP(=O)(O)OP(=O)(O)OCC1OC(n2cnc3c(N)ncnc32)C(O)C1OP(=O)(O)O)C(O)C(=O)NCCC(=O)NCCSC(=O)[C@H]1O[C@@H]([C@H](O)[C@H](O)CO)[C@H](O)[C@@H](O)[C@H]1F. The lowest BCUT2D eigenvalue weighted by atomic mass is 9.87. The van der Waals surface area contributed by atoms with Crippen molar-refractivity contribution < 1.29 is 115 Å². The number of alkyl halides is 1. The number of nitrogens with zero attached hydrogens (tertiary/aromatic N) is 4. The van der Waals surface area contributed by atoms with Gasteiger partial charge in [0.2, 0.25) is 16.9 Å². The number of nitrogens with two attached hydrogens (primary N) is 1. The molecule has 2 saturated heterocycles. The van der Waals surface area contributed by atoms with Crippen LogP contribution in [0.2, 0.25) is 0 Å². The number of ether oxygens (including phenoxy) is 2. The average molecular weight is 1020 g/mol. The van der Waals surface area contributed by atoms with Gasteiger partial charge in [-0.25, -0.2) is 33.0 Å². The first-order valence-corrected chi connectivity index (χ1v) is 24.3. The fourth-order valence-corrected chi connectivity index (χ4v) is 9.63. The van der Waals surface area contributed by atoms with Crippen molar-refractivity contribution >= 4 is 69.1 Å². The highest BCUT2D eigenvalue weighted by Gasteiger charge is 2.52. The Bertz CT molecular complexity index is 2120. The van der Waals surface area contributed by atoms with Gasteiger partial charge < -0.3 is 81.2 Å². The lowest BCUT2D eigenvalue weighted by molar-refractivity contribution is -0.234. The number of aliphatic hydroxyl groups is 7. The molecule has 2 aromatic rings. The van der Waals surface area contributed by atoms with E-state index in [1.54, 1.807) is 0 Å². The zero-order valence-corrected chi connectivity index (χ0v) is 37.3. The number of aromatic nitrogens is 4. The van der Waals surface area contributed by atoms with E-state index in [0.717, 1.165) is 17.2 Å². The molecule has 14 atom stereocenters. The number of hydrogen-bond donors (Lipinski definition) is 14. The van der Waals surface area contributed by atoms with Crippen LogP contribution >= 0.6 is 35.2 Å². The normalized spacial score (nSPS) is 28.5. The third kappa shape index (κ3) is 14.6. The highest BCUT2D eigenvalue weighted by Crippen LogP contribution is 2.61. The van der Waals surface area contributed by atoms with E-state index < -0.39 is 139 Å². The van der Waals surface area contributed by atoms with Crippen LogP contribution in [-0.4, -0.2) is 198 Å². The highest BCUT2D eigenvalue weighted by molar-refractivity contribution is 8.13. The number of nitrogens with one attached hydrogen (secondary N) is 2. The Labute approximate surface area is 370 Å². The third-order valence-corrected chi connectivity index (χ3v) is 13.5. The molecule has 15 N–H and O–H groups in total. The lowest BCUT2D eigenvalue weighted by Crippen LogP contribution is -2.62. The molecule has 2 fully saturated rings. The molecule has 35 heteroatoms. The first-order chi connectivity index (χ1) is 30.1. The number of rotatable bonds is 23. The molecule has 65 heavy (non-hydrogen) atoms. The van der Waals surface area contributed by atoms with Crippen molar-refractivity contribution in [2.75, 3.05) is 44.4 Å². The number of carbonyl (C=O) groups excluding carboxylic acids is 3. The van der Waals surface area contributed by atoms with E-state index in [9.17, 15) is 82.7 Å². The second kappa shape index (κ2) is 22.6. The van der Waals surface area contributed by atoms with Crippen molar-refractivity contribution in [3.63, 3.8) is 0 Å². The average Bonchev–Trinajstić information content (AvgIpc) is 3.78. The maximum absolute atomic E-state index is 14.6. The Hall–Kier alpha value is -2.75. The van der Waals surface area contributed by atoms with Crippen LogP contribution in [0.1, 0.15) is 26.5 Å². The summed E-state index contributed by atoms with van der Waals surface area (Å²) in [5.74, 6) is -2.01. The van der Waals surface area contributed by atoms with Gasteiger partial charge in [0.15, 0.2) is 30.0 Å². The van der Waals surface area contributed by atoms with E-state index >= 15 is 0 Å². The van der Waals surface area contributed by atoms with Crippen LogP contribution < -0.4 is 16.4 Å². The Morgan fingerprint density at radius 1 is 0.969 bits per heavy atom. The van der Waals surface area contributed by atoms with Crippen LogP contribution in [0, 0.1) is 5.41 Å².